The van der Waals surface area contributed by atoms with Crippen LogP contribution in [0.5, 0.6) is 0 Å². The molecular weight excluding hydrogens is 472 g/mol. The summed E-state index contributed by atoms with van der Waals surface area (Å²) in [5.41, 5.74) is 1.41. The smallest absolute Gasteiger partial charge is 0.0855 e. The molecule has 0 unspecified atom stereocenters. The minimum Gasteiger partial charge on any atom is -0.120 e. The van der Waals surface area contributed by atoms with Crippen LogP contribution in [0.2, 0.25) is 0 Å². The first-order chi connectivity index (χ1) is 7.16. The molecule has 0 bridgehead atoms. The van der Waals surface area contributed by atoms with E-state index < -0.39 is 0 Å². The van der Waals surface area contributed by atoms with E-state index in [1.165, 1.54) is 43.3 Å². The Kier molecular flexibility index (Phi) is 7.68. The van der Waals surface area contributed by atoms with E-state index in [0.717, 1.165) is 11.8 Å². The lowest BCUT2D eigenvalue weighted by Crippen LogP contribution is -1.86. The summed E-state index contributed by atoms with van der Waals surface area (Å²) in [7, 11) is 0. The number of hydrogen-bond acceptors (Lipinski definition) is 1. The Labute approximate surface area is 129 Å². The zero-order valence-electron chi connectivity index (χ0n) is 8.16. The van der Waals surface area contributed by atoms with Gasteiger partial charge in [-0.15, -0.1) is 11.3 Å². The van der Waals surface area contributed by atoms with Crippen molar-refractivity contribution in [2.24, 2.45) is 0 Å². The van der Waals surface area contributed by atoms with Gasteiger partial charge in [0.15, 0.2) is 0 Å². The second-order valence-corrected chi connectivity index (χ2v) is 8.54. The van der Waals surface area contributed by atoms with Gasteiger partial charge in [-0.25, -0.2) is 0 Å². The van der Waals surface area contributed by atoms with Crippen LogP contribution < -0.4 is 0 Å². The van der Waals surface area contributed by atoms with E-state index in [-0.39, 0.29) is 0 Å². The summed E-state index contributed by atoms with van der Waals surface area (Å²) in [6, 6.07) is 0. The fourth-order valence-electron chi connectivity index (χ4n) is 1.35. The van der Waals surface area contributed by atoms with E-state index in [0.29, 0.717) is 0 Å². The Balaban J connectivity index is 2.37. The van der Waals surface area contributed by atoms with Gasteiger partial charge in [-0.1, -0.05) is 28.8 Å². The Morgan fingerprint density at radius 3 is 2.07 bits per heavy atom. The fourth-order valence-corrected chi connectivity index (χ4v) is 5.74. The molecule has 5 heteroatoms. The minimum absolute atomic E-state index is 1.13. The van der Waals surface area contributed by atoms with Crippen molar-refractivity contribution in [3.05, 3.63) is 17.6 Å². The predicted octanol–water partition coefficient (Wildman–Crippen LogP) is 6.53. The average molecular weight is 484 g/mol. The third-order valence-corrected chi connectivity index (χ3v) is 7.05. The molecule has 0 saturated carbocycles. The van der Waals surface area contributed by atoms with Gasteiger partial charge in [-0.3, -0.25) is 0 Å². The standard InChI is InChI=1S/C10H12Br4S/c11-6-4-2-1-3-5-7-8(12)10(14)15-9(7)13/h1-6H2. The number of alkyl halides is 1. The van der Waals surface area contributed by atoms with Gasteiger partial charge in [0.25, 0.3) is 0 Å². The summed E-state index contributed by atoms with van der Waals surface area (Å²) in [6.45, 7) is 0. The van der Waals surface area contributed by atoms with Gasteiger partial charge in [-0.05, 0) is 72.6 Å². The van der Waals surface area contributed by atoms with Crippen LogP contribution in [0.25, 0.3) is 0 Å². The van der Waals surface area contributed by atoms with Crippen molar-refractivity contribution in [3.63, 3.8) is 0 Å². The van der Waals surface area contributed by atoms with Crippen LogP contribution in [0.15, 0.2) is 12.0 Å². The van der Waals surface area contributed by atoms with Gasteiger partial charge in [-0.2, -0.15) is 0 Å². The third-order valence-electron chi connectivity index (χ3n) is 2.16. The maximum Gasteiger partial charge on any atom is 0.0855 e. The molecule has 0 amide bonds. The van der Waals surface area contributed by atoms with Gasteiger partial charge >= 0.3 is 0 Å². The predicted molar refractivity (Wildman–Crippen MR) is 83.4 cm³/mol. The Hall–Kier alpha value is 1.62. The average Bonchev–Trinajstić information content (AvgIpc) is 2.44. The monoisotopic (exact) mass is 480 g/mol. The van der Waals surface area contributed by atoms with Crippen LogP contribution in [-0.4, -0.2) is 5.33 Å². The van der Waals surface area contributed by atoms with Gasteiger partial charge in [0.05, 0.1) is 7.57 Å². The Morgan fingerprint density at radius 1 is 0.867 bits per heavy atom. The van der Waals surface area contributed by atoms with Crippen molar-refractivity contribution in [2.45, 2.75) is 32.1 Å². The number of hydrogen-bond donors (Lipinski definition) is 0. The number of thiophene rings is 1. The molecule has 0 nitrogen and oxygen atoms in total. The van der Waals surface area contributed by atoms with Crippen LogP contribution in [0.1, 0.15) is 31.2 Å². The SMILES string of the molecule is BrCCCCCCc1c(Br)sc(Br)c1Br. The Morgan fingerprint density at radius 2 is 1.53 bits per heavy atom. The summed E-state index contributed by atoms with van der Waals surface area (Å²) in [4.78, 5) is 0. The van der Waals surface area contributed by atoms with Gasteiger partial charge in [0.2, 0.25) is 0 Å². The molecule has 1 heterocycles. The molecule has 15 heavy (non-hydrogen) atoms. The lowest BCUT2D eigenvalue weighted by Gasteiger charge is -2.01. The summed E-state index contributed by atoms with van der Waals surface area (Å²) < 4.78 is 3.66. The van der Waals surface area contributed by atoms with Gasteiger partial charge in [0.1, 0.15) is 0 Å². The molecule has 0 atom stereocenters. The van der Waals surface area contributed by atoms with Crippen molar-refractivity contribution < 1.29 is 0 Å². The maximum atomic E-state index is 3.61. The van der Waals surface area contributed by atoms with E-state index in [1.807, 2.05) is 0 Å². The number of halogens is 4. The highest BCUT2D eigenvalue weighted by Gasteiger charge is 2.11. The highest BCUT2D eigenvalue weighted by atomic mass is 79.9. The first-order valence-electron chi connectivity index (χ1n) is 4.85. The van der Waals surface area contributed by atoms with Crippen molar-refractivity contribution in [2.75, 3.05) is 5.33 Å². The molecular formula is C10H12Br4S. The second kappa shape index (κ2) is 7.85. The van der Waals surface area contributed by atoms with E-state index >= 15 is 0 Å². The Bertz CT molecular complexity index is 309. The third kappa shape index (κ3) is 4.78. The van der Waals surface area contributed by atoms with Crippen molar-refractivity contribution in [1.82, 2.24) is 0 Å². The molecule has 1 rings (SSSR count). The molecule has 0 radical (unpaired) electrons. The number of rotatable bonds is 6. The molecule has 1 aromatic rings. The molecule has 1 aromatic heterocycles. The highest BCUT2D eigenvalue weighted by Crippen LogP contribution is 2.41. The van der Waals surface area contributed by atoms with E-state index in [4.69, 9.17) is 0 Å². The minimum atomic E-state index is 1.13. The summed E-state index contributed by atoms with van der Waals surface area (Å²) in [5.74, 6) is 0. The van der Waals surface area contributed by atoms with Gasteiger partial charge in [0, 0.05) is 9.80 Å². The van der Waals surface area contributed by atoms with Crippen molar-refractivity contribution >= 4 is 75.1 Å². The quantitative estimate of drug-likeness (QED) is 0.318. The normalized spacial score (nSPS) is 10.9. The van der Waals surface area contributed by atoms with E-state index in [2.05, 4.69) is 63.7 Å². The van der Waals surface area contributed by atoms with Gasteiger partial charge < -0.3 is 0 Å². The second-order valence-electron chi connectivity index (χ2n) is 3.30. The fraction of sp³-hybridized carbons (Fsp3) is 0.600. The molecule has 0 aliphatic rings. The topological polar surface area (TPSA) is 0 Å². The summed E-state index contributed by atoms with van der Waals surface area (Å²) in [6.07, 6.45) is 6.36. The summed E-state index contributed by atoms with van der Waals surface area (Å²) >= 11 is 15.9. The van der Waals surface area contributed by atoms with E-state index in [9.17, 15) is 0 Å². The highest BCUT2D eigenvalue weighted by molar-refractivity contribution is 9.14. The van der Waals surface area contributed by atoms with Crippen molar-refractivity contribution in [1.29, 1.82) is 0 Å². The van der Waals surface area contributed by atoms with Crippen LogP contribution in [0.4, 0.5) is 0 Å². The van der Waals surface area contributed by atoms with Crippen molar-refractivity contribution in [3.8, 4) is 0 Å². The zero-order chi connectivity index (χ0) is 11.3. The molecule has 0 aliphatic carbocycles. The lowest BCUT2D eigenvalue weighted by molar-refractivity contribution is 0.671. The molecule has 86 valence electrons. The maximum absolute atomic E-state index is 3.61. The van der Waals surface area contributed by atoms with E-state index in [1.54, 1.807) is 11.3 Å². The van der Waals surface area contributed by atoms with Crippen LogP contribution in [0.3, 0.4) is 0 Å². The van der Waals surface area contributed by atoms with Crippen LogP contribution in [0, 0.1) is 0 Å². The largest absolute Gasteiger partial charge is 0.120 e. The molecule has 0 fully saturated rings. The molecule has 0 aliphatic heterocycles. The molecule has 0 spiro atoms. The molecule has 0 saturated heterocycles. The molecule has 0 aromatic carbocycles. The van der Waals surface area contributed by atoms with Crippen LogP contribution in [-0.2, 0) is 6.42 Å². The lowest BCUT2D eigenvalue weighted by atomic mass is 10.1. The zero-order valence-corrected chi connectivity index (χ0v) is 15.3. The first-order valence-corrected chi connectivity index (χ1v) is 9.16. The van der Waals surface area contributed by atoms with Crippen LogP contribution >= 0.6 is 75.1 Å². The summed E-state index contributed by atoms with van der Waals surface area (Å²) in [5, 5.41) is 1.13. The number of unbranched alkanes of at least 4 members (excludes halogenated alkanes) is 3. The first kappa shape index (κ1) is 14.7. The molecule has 0 N–H and O–H groups in total.